The van der Waals surface area contributed by atoms with Crippen LogP contribution in [0.2, 0.25) is 0 Å². The minimum Gasteiger partial charge on any atom is -0.478 e. The smallest absolute Gasteiger partial charge is 0.328 e. The Morgan fingerprint density at radius 1 is 1.48 bits per heavy atom. The monoisotopic (exact) mass is 306 g/mol. The first-order valence-electron chi connectivity index (χ1n) is 6.41. The van der Waals surface area contributed by atoms with E-state index in [0.717, 1.165) is 11.0 Å². The fourth-order valence-corrected chi connectivity index (χ4v) is 2.99. The van der Waals surface area contributed by atoms with Crippen LogP contribution in [0.5, 0.6) is 0 Å². The van der Waals surface area contributed by atoms with Gasteiger partial charge in [-0.1, -0.05) is 0 Å². The Kier molecular flexibility index (Phi) is 3.38. The molecule has 0 spiro atoms. The molecule has 3 heterocycles. The molecule has 0 unspecified atom stereocenters. The molecule has 0 bridgehead atoms. The van der Waals surface area contributed by atoms with Crippen molar-refractivity contribution in [1.82, 2.24) is 14.3 Å². The molecular weight excluding hydrogens is 292 g/mol. The summed E-state index contributed by atoms with van der Waals surface area (Å²) < 4.78 is 1.84. The summed E-state index contributed by atoms with van der Waals surface area (Å²) in [6, 6.07) is 0. The Balaban J connectivity index is 2.01. The van der Waals surface area contributed by atoms with Crippen molar-refractivity contribution in [2.24, 2.45) is 0 Å². The van der Waals surface area contributed by atoms with Gasteiger partial charge in [0.15, 0.2) is 10.8 Å². The number of carbonyl (C=O) groups is 2. The van der Waals surface area contributed by atoms with Gasteiger partial charge in [-0.3, -0.25) is 9.20 Å². The second-order valence-corrected chi connectivity index (χ2v) is 5.66. The van der Waals surface area contributed by atoms with E-state index in [2.05, 4.69) is 4.98 Å². The Hall–Kier alpha value is -2.35. The Bertz CT molecular complexity index is 733. The molecule has 1 saturated heterocycles. The summed E-state index contributed by atoms with van der Waals surface area (Å²) in [5.74, 6) is -0.327. The van der Waals surface area contributed by atoms with Crippen molar-refractivity contribution in [3.05, 3.63) is 23.3 Å². The first kappa shape index (κ1) is 13.6. The number of rotatable bonds is 3. The largest absolute Gasteiger partial charge is 0.478 e. The van der Waals surface area contributed by atoms with Crippen LogP contribution in [0.15, 0.2) is 17.7 Å². The van der Waals surface area contributed by atoms with E-state index in [1.807, 2.05) is 20.9 Å². The van der Waals surface area contributed by atoms with Crippen molar-refractivity contribution in [3.63, 3.8) is 0 Å². The highest BCUT2D eigenvalue weighted by Crippen LogP contribution is 2.26. The van der Waals surface area contributed by atoms with Crippen molar-refractivity contribution >= 4 is 40.1 Å². The number of anilines is 1. The first-order chi connectivity index (χ1) is 10.1. The molecule has 1 fully saturated rings. The summed E-state index contributed by atoms with van der Waals surface area (Å²) in [4.78, 5) is 31.5. The van der Waals surface area contributed by atoms with Gasteiger partial charge in [0.1, 0.15) is 0 Å². The summed E-state index contributed by atoms with van der Waals surface area (Å²) in [5, 5.41) is 10.7. The highest BCUT2D eigenvalue weighted by atomic mass is 32.1. The third-order valence-corrected chi connectivity index (χ3v) is 4.18. The van der Waals surface area contributed by atoms with E-state index in [9.17, 15) is 9.59 Å². The van der Waals surface area contributed by atoms with Gasteiger partial charge in [0.05, 0.1) is 12.2 Å². The van der Waals surface area contributed by atoms with Gasteiger partial charge >= 0.3 is 5.97 Å². The van der Waals surface area contributed by atoms with E-state index in [4.69, 9.17) is 5.11 Å². The number of likely N-dealkylation sites (N-methyl/N-ethyl adjacent to an activating group) is 1. The van der Waals surface area contributed by atoms with Gasteiger partial charge in [-0.15, -0.1) is 11.3 Å². The molecule has 110 valence electrons. The Labute approximate surface area is 124 Å². The number of carbonyl (C=O) groups excluding carboxylic acids is 1. The quantitative estimate of drug-likeness (QED) is 0.848. The first-order valence-corrected chi connectivity index (χ1v) is 7.29. The summed E-state index contributed by atoms with van der Waals surface area (Å²) in [7, 11) is 1.77. The van der Waals surface area contributed by atoms with Gasteiger partial charge in [-0.05, 0) is 6.08 Å². The van der Waals surface area contributed by atoms with Gasteiger partial charge in [-0.25, -0.2) is 9.78 Å². The van der Waals surface area contributed by atoms with Crippen LogP contribution in [0.4, 0.5) is 5.82 Å². The molecule has 3 rings (SSSR count). The zero-order valence-electron chi connectivity index (χ0n) is 11.4. The average molecular weight is 306 g/mol. The minimum absolute atomic E-state index is 0.0331. The van der Waals surface area contributed by atoms with Gasteiger partial charge in [0.25, 0.3) is 0 Å². The van der Waals surface area contributed by atoms with Crippen LogP contribution < -0.4 is 4.90 Å². The lowest BCUT2D eigenvalue weighted by Gasteiger charge is -2.32. The van der Waals surface area contributed by atoms with Crippen molar-refractivity contribution in [3.8, 4) is 0 Å². The highest BCUT2D eigenvalue weighted by Gasteiger charge is 2.25. The van der Waals surface area contributed by atoms with Gasteiger partial charge in [-0.2, -0.15) is 0 Å². The zero-order chi connectivity index (χ0) is 15.0. The SMILES string of the molecule is CN1CCN(c2nc3sccn3c2C=CC(=O)O)CC1=O. The lowest BCUT2D eigenvalue weighted by atomic mass is 10.3. The number of hydrogen-bond donors (Lipinski definition) is 1. The lowest BCUT2D eigenvalue weighted by molar-refractivity contribution is -0.131. The van der Waals surface area contributed by atoms with E-state index in [0.29, 0.717) is 24.6 Å². The van der Waals surface area contributed by atoms with Crippen LogP contribution >= 0.6 is 11.3 Å². The second kappa shape index (κ2) is 5.21. The van der Waals surface area contributed by atoms with Crippen molar-refractivity contribution in [2.75, 3.05) is 31.6 Å². The predicted molar refractivity (Wildman–Crippen MR) is 79.6 cm³/mol. The Morgan fingerprint density at radius 3 is 3.00 bits per heavy atom. The number of amides is 1. The molecule has 7 nitrogen and oxygen atoms in total. The zero-order valence-corrected chi connectivity index (χ0v) is 12.2. The summed E-state index contributed by atoms with van der Waals surface area (Å²) in [6.07, 6.45) is 4.45. The molecule has 0 aromatic carbocycles. The number of imidazole rings is 1. The number of piperazine rings is 1. The van der Waals surface area contributed by atoms with Crippen molar-refractivity contribution in [2.45, 2.75) is 0 Å². The maximum atomic E-state index is 11.8. The number of carboxylic acid groups (broad SMARTS) is 1. The molecule has 1 N–H and O–H groups in total. The minimum atomic E-state index is -1.01. The number of hydrogen-bond acceptors (Lipinski definition) is 5. The summed E-state index contributed by atoms with van der Waals surface area (Å²) >= 11 is 1.47. The molecule has 21 heavy (non-hydrogen) atoms. The van der Waals surface area contributed by atoms with Crippen LogP contribution in [0.3, 0.4) is 0 Å². The molecule has 0 radical (unpaired) electrons. The van der Waals surface area contributed by atoms with Crippen LogP contribution in [-0.2, 0) is 9.59 Å². The van der Waals surface area contributed by atoms with Crippen LogP contribution in [-0.4, -0.2) is 57.9 Å². The van der Waals surface area contributed by atoms with E-state index in [1.165, 1.54) is 17.4 Å². The lowest BCUT2D eigenvalue weighted by Crippen LogP contribution is -2.48. The molecule has 2 aromatic rings. The number of nitrogens with zero attached hydrogens (tertiary/aromatic N) is 4. The number of thiazole rings is 1. The van der Waals surface area contributed by atoms with E-state index in [-0.39, 0.29) is 12.5 Å². The maximum absolute atomic E-state index is 11.8. The summed E-state index contributed by atoms with van der Waals surface area (Å²) in [6.45, 7) is 1.57. The van der Waals surface area contributed by atoms with Crippen molar-refractivity contribution < 1.29 is 14.7 Å². The molecule has 0 saturated carbocycles. The van der Waals surface area contributed by atoms with E-state index >= 15 is 0 Å². The van der Waals surface area contributed by atoms with Crippen LogP contribution in [0.25, 0.3) is 11.0 Å². The molecule has 8 heteroatoms. The number of aliphatic carboxylic acids is 1. The van der Waals surface area contributed by atoms with E-state index in [1.54, 1.807) is 11.9 Å². The van der Waals surface area contributed by atoms with Crippen LogP contribution in [0.1, 0.15) is 5.69 Å². The third-order valence-electron chi connectivity index (χ3n) is 3.42. The topological polar surface area (TPSA) is 78.2 Å². The van der Waals surface area contributed by atoms with Crippen molar-refractivity contribution in [1.29, 1.82) is 0 Å². The molecule has 1 aliphatic heterocycles. The molecular formula is C13H14N4O3S. The molecule has 0 atom stereocenters. The average Bonchev–Trinajstić information content (AvgIpc) is 3.00. The fourth-order valence-electron chi connectivity index (χ4n) is 2.27. The molecule has 0 aliphatic carbocycles. The second-order valence-electron chi connectivity index (χ2n) is 4.78. The fraction of sp³-hybridized carbons (Fsp3) is 0.308. The normalized spacial score (nSPS) is 16.3. The molecule has 1 amide bonds. The molecule has 2 aromatic heterocycles. The number of carboxylic acids is 1. The van der Waals surface area contributed by atoms with Gasteiger partial charge in [0, 0.05) is 37.8 Å². The van der Waals surface area contributed by atoms with Crippen LogP contribution in [0, 0.1) is 0 Å². The third kappa shape index (κ3) is 2.49. The molecule has 1 aliphatic rings. The van der Waals surface area contributed by atoms with Gasteiger partial charge < -0.3 is 14.9 Å². The number of fused-ring (bicyclic) bond motifs is 1. The predicted octanol–water partition coefficient (Wildman–Crippen LogP) is 0.772. The summed E-state index contributed by atoms with van der Waals surface area (Å²) in [5.41, 5.74) is 0.686. The van der Waals surface area contributed by atoms with E-state index < -0.39 is 5.97 Å². The Morgan fingerprint density at radius 2 is 2.29 bits per heavy atom. The highest BCUT2D eigenvalue weighted by molar-refractivity contribution is 7.15. The standard InChI is InChI=1S/C13H14N4O3S/c1-15-4-5-16(8-10(15)18)12-9(2-3-11(19)20)17-6-7-21-13(17)14-12/h2-3,6-7H,4-5,8H2,1H3,(H,19,20). The van der Waals surface area contributed by atoms with Gasteiger partial charge in [0.2, 0.25) is 5.91 Å². The maximum Gasteiger partial charge on any atom is 0.328 e. The number of aromatic nitrogens is 2.